The Hall–Kier alpha value is -2.15. The van der Waals surface area contributed by atoms with Crippen LogP contribution in [0.5, 0.6) is 0 Å². The molecular weight excluding hydrogens is 384 g/mol. The number of sulfonamides is 1. The maximum Gasteiger partial charge on any atom is 0.246 e. The Morgan fingerprint density at radius 1 is 1.00 bits per heavy atom. The second-order valence-corrected chi connectivity index (χ2v) is 8.75. The lowest BCUT2D eigenvalue weighted by Gasteiger charge is -2.33. The van der Waals surface area contributed by atoms with Gasteiger partial charge in [-0.2, -0.15) is 4.31 Å². The normalized spacial score (nSPS) is 16.4. The molecule has 142 valence electrons. The van der Waals surface area contributed by atoms with Gasteiger partial charge in [0.25, 0.3) is 0 Å². The summed E-state index contributed by atoms with van der Waals surface area (Å²) in [7, 11) is -3.60. The molecule has 0 aromatic heterocycles. The van der Waals surface area contributed by atoms with Gasteiger partial charge < -0.3 is 4.90 Å². The quantitative estimate of drug-likeness (QED) is 0.735. The van der Waals surface area contributed by atoms with E-state index in [1.807, 2.05) is 37.3 Å². The Balaban J connectivity index is 1.66. The van der Waals surface area contributed by atoms with E-state index >= 15 is 0 Å². The van der Waals surface area contributed by atoms with E-state index in [0.717, 1.165) is 11.1 Å². The van der Waals surface area contributed by atoms with Crippen molar-refractivity contribution in [1.82, 2.24) is 9.21 Å². The fraction of sp³-hybridized carbons (Fsp3) is 0.250. The third kappa shape index (κ3) is 4.58. The summed E-state index contributed by atoms with van der Waals surface area (Å²) in [6.45, 7) is 3.14. The van der Waals surface area contributed by atoms with Gasteiger partial charge in [-0.05, 0) is 36.3 Å². The summed E-state index contributed by atoms with van der Waals surface area (Å²) in [6, 6.07) is 15.9. The minimum absolute atomic E-state index is 0.101. The molecule has 0 saturated carbocycles. The molecule has 0 aliphatic carbocycles. The number of halogens is 1. The first-order valence-electron chi connectivity index (χ1n) is 8.66. The molecule has 5 nitrogen and oxygen atoms in total. The van der Waals surface area contributed by atoms with Crippen LogP contribution in [0.25, 0.3) is 5.57 Å². The highest BCUT2D eigenvalue weighted by molar-refractivity contribution is 7.89. The van der Waals surface area contributed by atoms with Crippen LogP contribution in [0.15, 0.2) is 65.6 Å². The van der Waals surface area contributed by atoms with E-state index in [-0.39, 0.29) is 23.9 Å². The fourth-order valence-electron chi connectivity index (χ4n) is 2.99. The van der Waals surface area contributed by atoms with E-state index in [9.17, 15) is 13.2 Å². The molecule has 0 radical (unpaired) electrons. The summed E-state index contributed by atoms with van der Waals surface area (Å²) in [4.78, 5) is 14.4. The smallest absolute Gasteiger partial charge is 0.246 e. The number of carbonyl (C=O) groups is 1. The topological polar surface area (TPSA) is 57.7 Å². The second-order valence-electron chi connectivity index (χ2n) is 6.38. The van der Waals surface area contributed by atoms with E-state index in [1.54, 1.807) is 23.1 Å². The standard InChI is InChI=1S/C20H21ClN2O3S/c1-16(17-6-3-2-4-7-17)14-20(24)22-10-12-23(13-11-22)27(25,26)19-9-5-8-18(21)15-19/h2-9,14-15H,10-13H2,1H3/b16-14+. The van der Waals surface area contributed by atoms with Crippen LogP contribution < -0.4 is 0 Å². The van der Waals surface area contributed by atoms with Gasteiger partial charge in [-0.25, -0.2) is 8.42 Å². The zero-order chi connectivity index (χ0) is 19.4. The van der Waals surface area contributed by atoms with Crippen LogP contribution in [0, 0.1) is 0 Å². The first kappa shape index (κ1) is 19.6. The van der Waals surface area contributed by atoms with Crippen LogP contribution in [0.3, 0.4) is 0 Å². The summed E-state index contributed by atoms with van der Waals surface area (Å²) in [5.74, 6) is -0.101. The average molecular weight is 405 g/mol. The molecule has 1 saturated heterocycles. The van der Waals surface area contributed by atoms with Gasteiger partial charge >= 0.3 is 0 Å². The predicted octanol–water partition coefficient (Wildman–Crippen LogP) is 3.28. The van der Waals surface area contributed by atoms with Gasteiger partial charge in [0.2, 0.25) is 15.9 Å². The molecule has 7 heteroatoms. The van der Waals surface area contributed by atoms with Gasteiger partial charge in [0.05, 0.1) is 4.90 Å². The largest absolute Gasteiger partial charge is 0.337 e. The minimum Gasteiger partial charge on any atom is -0.337 e. The molecule has 2 aromatic carbocycles. The monoisotopic (exact) mass is 404 g/mol. The predicted molar refractivity (Wildman–Crippen MR) is 107 cm³/mol. The maximum atomic E-state index is 12.7. The van der Waals surface area contributed by atoms with Gasteiger partial charge in [-0.1, -0.05) is 48.0 Å². The molecule has 1 aliphatic heterocycles. The number of carbonyl (C=O) groups excluding carboxylic acids is 1. The molecule has 3 rings (SSSR count). The van der Waals surface area contributed by atoms with Crippen LogP contribution in [0.1, 0.15) is 12.5 Å². The number of allylic oxidation sites excluding steroid dienone is 1. The van der Waals surface area contributed by atoms with E-state index in [0.29, 0.717) is 18.1 Å². The van der Waals surface area contributed by atoms with Gasteiger partial charge in [-0.15, -0.1) is 0 Å². The van der Waals surface area contributed by atoms with Crippen LogP contribution in [-0.2, 0) is 14.8 Å². The number of piperazine rings is 1. The number of nitrogens with zero attached hydrogens (tertiary/aromatic N) is 2. The summed E-state index contributed by atoms with van der Waals surface area (Å²) >= 11 is 5.91. The Bertz CT molecular complexity index is 950. The highest BCUT2D eigenvalue weighted by Crippen LogP contribution is 2.21. The molecule has 1 heterocycles. The Kier molecular flexibility index (Phi) is 5.99. The van der Waals surface area contributed by atoms with Gasteiger partial charge in [0.15, 0.2) is 0 Å². The third-order valence-electron chi connectivity index (χ3n) is 4.55. The maximum absolute atomic E-state index is 12.7. The highest BCUT2D eigenvalue weighted by atomic mass is 35.5. The molecule has 0 spiro atoms. The average Bonchev–Trinajstić information content (AvgIpc) is 2.68. The van der Waals surface area contributed by atoms with Crippen molar-refractivity contribution in [2.45, 2.75) is 11.8 Å². The van der Waals surface area contributed by atoms with E-state index in [2.05, 4.69) is 0 Å². The molecule has 1 amide bonds. The molecule has 2 aromatic rings. The molecule has 0 atom stereocenters. The third-order valence-corrected chi connectivity index (χ3v) is 6.68. The Morgan fingerprint density at radius 2 is 1.67 bits per heavy atom. The van der Waals surface area contributed by atoms with Crippen LogP contribution in [0.4, 0.5) is 0 Å². The molecule has 1 fully saturated rings. The Labute approximate surface area is 164 Å². The number of benzene rings is 2. The van der Waals surface area contributed by atoms with Crippen molar-refractivity contribution < 1.29 is 13.2 Å². The van der Waals surface area contributed by atoms with E-state index in [1.165, 1.54) is 16.4 Å². The zero-order valence-corrected chi connectivity index (χ0v) is 16.6. The zero-order valence-electron chi connectivity index (χ0n) is 15.0. The number of hydrogen-bond acceptors (Lipinski definition) is 3. The summed E-state index contributed by atoms with van der Waals surface area (Å²) in [6.07, 6.45) is 1.61. The molecule has 0 unspecified atom stereocenters. The lowest BCUT2D eigenvalue weighted by atomic mass is 10.1. The first-order valence-corrected chi connectivity index (χ1v) is 10.5. The summed E-state index contributed by atoms with van der Waals surface area (Å²) < 4.78 is 26.9. The molecule has 1 aliphatic rings. The summed E-state index contributed by atoms with van der Waals surface area (Å²) in [5.41, 5.74) is 1.88. The van der Waals surface area contributed by atoms with Crippen molar-refractivity contribution in [3.8, 4) is 0 Å². The van der Waals surface area contributed by atoms with Crippen molar-refractivity contribution in [2.75, 3.05) is 26.2 Å². The number of hydrogen-bond donors (Lipinski definition) is 0. The lowest BCUT2D eigenvalue weighted by molar-refractivity contribution is -0.127. The number of amides is 1. The number of rotatable bonds is 4. The van der Waals surface area contributed by atoms with Gasteiger partial charge in [-0.3, -0.25) is 4.79 Å². The van der Waals surface area contributed by atoms with Crippen molar-refractivity contribution in [3.05, 3.63) is 71.3 Å². The summed E-state index contributed by atoms with van der Waals surface area (Å²) in [5, 5.41) is 0.381. The van der Waals surface area contributed by atoms with Gasteiger partial charge in [0, 0.05) is 37.3 Å². The van der Waals surface area contributed by atoms with E-state index in [4.69, 9.17) is 11.6 Å². The first-order chi connectivity index (χ1) is 12.9. The Morgan fingerprint density at radius 3 is 2.30 bits per heavy atom. The van der Waals surface area contributed by atoms with Crippen LogP contribution in [0.2, 0.25) is 5.02 Å². The van der Waals surface area contributed by atoms with Crippen LogP contribution in [-0.4, -0.2) is 49.7 Å². The minimum atomic E-state index is -3.60. The van der Waals surface area contributed by atoms with Crippen LogP contribution >= 0.6 is 11.6 Å². The molecule has 0 N–H and O–H groups in total. The highest BCUT2D eigenvalue weighted by Gasteiger charge is 2.29. The van der Waals surface area contributed by atoms with E-state index < -0.39 is 10.0 Å². The fourth-order valence-corrected chi connectivity index (χ4v) is 4.71. The van der Waals surface area contributed by atoms with Crippen molar-refractivity contribution in [3.63, 3.8) is 0 Å². The second kappa shape index (κ2) is 8.25. The van der Waals surface area contributed by atoms with Crippen molar-refractivity contribution >= 4 is 33.1 Å². The SMILES string of the molecule is C/C(=C\C(=O)N1CCN(S(=O)(=O)c2cccc(Cl)c2)CC1)c1ccccc1. The molecular formula is C20H21ClN2O3S. The lowest BCUT2D eigenvalue weighted by Crippen LogP contribution is -2.50. The van der Waals surface area contributed by atoms with Crippen molar-refractivity contribution in [1.29, 1.82) is 0 Å². The molecule has 0 bridgehead atoms. The van der Waals surface area contributed by atoms with Crippen molar-refractivity contribution in [2.24, 2.45) is 0 Å². The molecule has 27 heavy (non-hydrogen) atoms. The van der Waals surface area contributed by atoms with Gasteiger partial charge in [0.1, 0.15) is 0 Å².